The Bertz CT molecular complexity index is 798. The molecule has 2 aliphatic heterocycles. The van der Waals surface area contributed by atoms with Crippen molar-refractivity contribution in [1.29, 1.82) is 0 Å². The molecule has 0 saturated carbocycles. The van der Waals surface area contributed by atoms with Crippen LogP contribution >= 0.6 is 0 Å². The summed E-state index contributed by atoms with van der Waals surface area (Å²) >= 11 is 0. The van der Waals surface area contributed by atoms with E-state index in [1.165, 1.54) is 0 Å². The van der Waals surface area contributed by atoms with Gasteiger partial charge in [0.25, 0.3) is 0 Å². The van der Waals surface area contributed by atoms with Gasteiger partial charge in [-0.15, -0.1) is 0 Å². The molecule has 0 spiro atoms. The van der Waals surface area contributed by atoms with Crippen LogP contribution < -0.4 is 4.74 Å². The molecule has 4 rings (SSSR count). The van der Waals surface area contributed by atoms with Crippen molar-refractivity contribution in [3.63, 3.8) is 0 Å². The molecule has 1 unspecified atom stereocenters. The van der Waals surface area contributed by atoms with Crippen LogP contribution in [-0.4, -0.2) is 50.7 Å². The summed E-state index contributed by atoms with van der Waals surface area (Å²) in [5.41, 5.74) is 3.24. The smallest absolute Gasteiger partial charge is 0.220 e. The van der Waals surface area contributed by atoms with Crippen LogP contribution in [0.2, 0.25) is 0 Å². The number of nitrogens with zero attached hydrogens (tertiary/aromatic N) is 4. The van der Waals surface area contributed by atoms with Gasteiger partial charge in [0.05, 0.1) is 5.69 Å². The highest BCUT2D eigenvalue weighted by Crippen LogP contribution is 2.33. The zero-order valence-electron chi connectivity index (χ0n) is 15.7. The number of pyridine rings is 1. The maximum absolute atomic E-state index is 11.0. The van der Waals surface area contributed by atoms with E-state index in [-0.39, 0.29) is 6.10 Å². The molecule has 1 N–H and O–H groups in total. The highest BCUT2D eigenvalue weighted by atomic mass is 16.5. The second-order valence-electron chi connectivity index (χ2n) is 7.64. The number of ether oxygens (including phenoxy) is 1. The van der Waals surface area contributed by atoms with Crippen molar-refractivity contribution in [2.24, 2.45) is 0 Å². The predicted molar refractivity (Wildman–Crippen MR) is 98.2 cm³/mol. The van der Waals surface area contributed by atoms with E-state index in [9.17, 15) is 5.11 Å². The summed E-state index contributed by atoms with van der Waals surface area (Å²) in [5.74, 6) is 1.51. The number of rotatable bonds is 3. The number of hydrogen-bond acceptors (Lipinski definition) is 6. The highest BCUT2D eigenvalue weighted by molar-refractivity contribution is 5.34. The standard InChI is InChI=1S/C20H26N4O2/c1-13-4-5-18(21-11-13)20(25)6-8-24(9-7-20)12-16-10-17-14(2)22-15(3)23-19(17)26-16/h4-5,11,16,25H,6-10,12H2,1-3H3. The molecule has 1 atom stereocenters. The SMILES string of the molecule is Cc1ccc(C2(O)CCN(CC3Cc4c(C)nc(C)nc4O3)CC2)nc1. The Hall–Kier alpha value is -2.05. The van der Waals surface area contributed by atoms with Crippen LogP contribution in [0, 0.1) is 20.8 Å². The van der Waals surface area contributed by atoms with Gasteiger partial charge in [0, 0.05) is 43.5 Å². The first-order chi connectivity index (χ1) is 12.4. The lowest BCUT2D eigenvalue weighted by atomic mass is 9.87. The highest BCUT2D eigenvalue weighted by Gasteiger charge is 2.37. The van der Waals surface area contributed by atoms with Crippen LogP contribution in [0.5, 0.6) is 5.88 Å². The van der Waals surface area contributed by atoms with Gasteiger partial charge in [0.15, 0.2) is 0 Å². The van der Waals surface area contributed by atoms with E-state index < -0.39 is 5.60 Å². The molecule has 6 heteroatoms. The number of aryl methyl sites for hydroxylation is 3. The summed E-state index contributed by atoms with van der Waals surface area (Å²) in [6.45, 7) is 8.46. The largest absolute Gasteiger partial charge is 0.472 e. The molecule has 0 aromatic carbocycles. The Morgan fingerprint density at radius 3 is 2.65 bits per heavy atom. The molecule has 1 saturated heterocycles. The van der Waals surface area contributed by atoms with Crippen molar-refractivity contribution in [2.45, 2.75) is 51.7 Å². The van der Waals surface area contributed by atoms with Crippen LogP contribution in [0.3, 0.4) is 0 Å². The lowest BCUT2D eigenvalue weighted by Gasteiger charge is -2.38. The average Bonchev–Trinajstić information content (AvgIpc) is 3.00. The van der Waals surface area contributed by atoms with Crippen molar-refractivity contribution in [2.75, 3.05) is 19.6 Å². The summed E-state index contributed by atoms with van der Waals surface area (Å²) in [6.07, 6.45) is 4.20. The first-order valence-corrected chi connectivity index (χ1v) is 9.31. The molecule has 0 amide bonds. The average molecular weight is 354 g/mol. The van der Waals surface area contributed by atoms with E-state index in [2.05, 4.69) is 19.9 Å². The maximum Gasteiger partial charge on any atom is 0.220 e. The van der Waals surface area contributed by atoms with Gasteiger partial charge in [-0.2, -0.15) is 4.98 Å². The number of aliphatic hydroxyl groups is 1. The third kappa shape index (κ3) is 3.31. The molecule has 26 heavy (non-hydrogen) atoms. The molecule has 2 aromatic heterocycles. The summed E-state index contributed by atoms with van der Waals surface area (Å²) in [7, 11) is 0. The Morgan fingerprint density at radius 2 is 1.96 bits per heavy atom. The minimum Gasteiger partial charge on any atom is -0.472 e. The molecule has 0 aliphatic carbocycles. The van der Waals surface area contributed by atoms with Gasteiger partial charge in [-0.05, 0) is 45.2 Å². The Morgan fingerprint density at radius 1 is 1.19 bits per heavy atom. The second-order valence-corrected chi connectivity index (χ2v) is 7.64. The van der Waals surface area contributed by atoms with Gasteiger partial charge in [0.2, 0.25) is 5.88 Å². The van der Waals surface area contributed by atoms with E-state index in [1.807, 2.05) is 39.1 Å². The van der Waals surface area contributed by atoms with Crippen molar-refractivity contribution in [3.05, 3.63) is 46.7 Å². The van der Waals surface area contributed by atoms with Crippen molar-refractivity contribution in [1.82, 2.24) is 19.9 Å². The molecular weight excluding hydrogens is 328 g/mol. The molecule has 4 heterocycles. The van der Waals surface area contributed by atoms with Crippen LogP contribution in [0.4, 0.5) is 0 Å². The Balaban J connectivity index is 1.36. The van der Waals surface area contributed by atoms with Crippen LogP contribution in [0.25, 0.3) is 0 Å². The first kappa shape index (κ1) is 17.4. The van der Waals surface area contributed by atoms with E-state index >= 15 is 0 Å². The molecule has 138 valence electrons. The number of likely N-dealkylation sites (tertiary alicyclic amines) is 1. The molecule has 2 aliphatic rings. The molecule has 6 nitrogen and oxygen atoms in total. The zero-order valence-corrected chi connectivity index (χ0v) is 15.7. The fourth-order valence-corrected chi connectivity index (χ4v) is 3.96. The predicted octanol–water partition coefficient (Wildman–Crippen LogP) is 2.08. The van der Waals surface area contributed by atoms with Gasteiger partial charge in [-0.25, -0.2) is 4.98 Å². The van der Waals surface area contributed by atoms with Crippen LogP contribution in [-0.2, 0) is 12.0 Å². The third-order valence-corrected chi connectivity index (χ3v) is 5.53. The maximum atomic E-state index is 11.0. The molecule has 0 bridgehead atoms. The number of hydrogen-bond donors (Lipinski definition) is 1. The minimum absolute atomic E-state index is 0.114. The topological polar surface area (TPSA) is 71.4 Å². The van der Waals surface area contributed by atoms with E-state index in [0.29, 0.717) is 12.8 Å². The zero-order chi connectivity index (χ0) is 18.3. The van der Waals surface area contributed by atoms with Gasteiger partial charge < -0.3 is 9.84 Å². The first-order valence-electron chi connectivity index (χ1n) is 9.31. The third-order valence-electron chi connectivity index (χ3n) is 5.53. The van der Waals surface area contributed by atoms with Crippen molar-refractivity contribution >= 4 is 0 Å². The number of aromatic nitrogens is 3. The van der Waals surface area contributed by atoms with Gasteiger partial charge in [0.1, 0.15) is 17.5 Å². The van der Waals surface area contributed by atoms with Gasteiger partial charge in [-0.1, -0.05) is 6.07 Å². The fourth-order valence-electron chi connectivity index (χ4n) is 3.96. The van der Waals surface area contributed by atoms with Crippen molar-refractivity contribution in [3.8, 4) is 5.88 Å². The van der Waals surface area contributed by atoms with E-state index in [4.69, 9.17) is 4.74 Å². The number of fused-ring (bicyclic) bond motifs is 1. The summed E-state index contributed by atoms with van der Waals surface area (Å²) in [6, 6.07) is 3.97. The number of piperidine rings is 1. The second kappa shape index (κ2) is 6.59. The fraction of sp³-hybridized carbons (Fsp3) is 0.550. The normalized spacial score (nSPS) is 22.1. The lowest BCUT2D eigenvalue weighted by Crippen LogP contribution is -2.46. The quantitative estimate of drug-likeness (QED) is 0.910. The Kier molecular flexibility index (Phi) is 4.40. The monoisotopic (exact) mass is 354 g/mol. The van der Waals surface area contributed by atoms with Crippen LogP contribution in [0.1, 0.15) is 41.2 Å². The Labute approximate surface area is 154 Å². The van der Waals surface area contributed by atoms with Gasteiger partial charge >= 0.3 is 0 Å². The molecule has 0 radical (unpaired) electrons. The molecule has 1 fully saturated rings. The lowest BCUT2D eigenvalue weighted by molar-refractivity contribution is -0.0348. The van der Waals surface area contributed by atoms with Gasteiger partial charge in [-0.3, -0.25) is 9.88 Å². The molecule has 2 aromatic rings. The van der Waals surface area contributed by atoms with Crippen molar-refractivity contribution < 1.29 is 9.84 Å². The van der Waals surface area contributed by atoms with E-state index in [0.717, 1.165) is 60.3 Å². The molecular formula is C20H26N4O2. The summed E-state index contributed by atoms with van der Waals surface area (Å²) < 4.78 is 6.05. The minimum atomic E-state index is -0.817. The van der Waals surface area contributed by atoms with Crippen LogP contribution in [0.15, 0.2) is 18.3 Å². The van der Waals surface area contributed by atoms with E-state index in [1.54, 1.807) is 0 Å². The summed E-state index contributed by atoms with van der Waals surface area (Å²) in [4.78, 5) is 15.7. The summed E-state index contributed by atoms with van der Waals surface area (Å²) in [5, 5.41) is 11.0.